The number of aromatic hydroxyl groups is 1. The van der Waals surface area contributed by atoms with Crippen LogP contribution in [0.5, 0.6) is 11.5 Å². The zero-order chi connectivity index (χ0) is 22.7. The van der Waals surface area contributed by atoms with Crippen molar-refractivity contribution in [1.29, 1.82) is 0 Å². The molecular formula is C23H28Cl2N2O3. The van der Waals surface area contributed by atoms with Crippen LogP contribution in [0, 0.1) is 0 Å². The molecule has 0 bridgehead atoms. The number of nitrogens with one attached hydrogen (secondary N) is 1. The maximum Gasteiger partial charge on any atom is 0.277 e. The lowest BCUT2D eigenvalue weighted by molar-refractivity contribution is -0.123. The van der Waals surface area contributed by atoms with E-state index in [1.165, 1.54) is 0 Å². The average molecular weight is 451 g/mol. The summed E-state index contributed by atoms with van der Waals surface area (Å²) in [6.07, 6.45) is 1.55. The lowest BCUT2D eigenvalue weighted by atomic mass is 9.78. The van der Waals surface area contributed by atoms with Crippen molar-refractivity contribution in [3.05, 3.63) is 57.1 Å². The van der Waals surface area contributed by atoms with Gasteiger partial charge in [0.2, 0.25) is 0 Å². The van der Waals surface area contributed by atoms with Crippen LogP contribution in [0.15, 0.2) is 35.4 Å². The van der Waals surface area contributed by atoms with Crippen LogP contribution in [-0.4, -0.2) is 23.8 Å². The van der Waals surface area contributed by atoms with Crippen LogP contribution >= 0.6 is 23.2 Å². The van der Waals surface area contributed by atoms with E-state index in [1.807, 2.05) is 53.7 Å². The summed E-state index contributed by atoms with van der Waals surface area (Å²) in [6.45, 7) is 12.0. The first-order chi connectivity index (χ1) is 13.8. The topological polar surface area (TPSA) is 70.9 Å². The molecule has 0 unspecified atom stereocenters. The van der Waals surface area contributed by atoms with Crippen molar-refractivity contribution in [2.45, 2.75) is 52.4 Å². The lowest BCUT2D eigenvalue weighted by Gasteiger charge is -2.27. The van der Waals surface area contributed by atoms with E-state index in [0.29, 0.717) is 21.5 Å². The SMILES string of the molecule is CC(C)(C)c1cc(/C=N/NC(=O)COc2ccc(Cl)cc2Cl)cc(C(C)(C)C)c1O. The fourth-order valence-electron chi connectivity index (χ4n) is 2.82. The van der Waals surface area contributed by atoms with Crippen LogP contribution in [-0.2, 0) is 15.6 Å². The highest BCUT2D eigenvalue weighted by atomic mass is 35.5. The Morgan fingerprint density at radius 2 is 1.63 bits per heavy atom. The summed E-state index contributed by atoms with van der Waals surface area (Å²) in [5.41, 5.74) is 4.37. The van der Waals surface area contributed by atoms with Gasteiger partial charge in [-0.3, -0.25) is 4.79 Å². The van der Waals surface area contributed by atoms with Crippen molar-refractivity contribution >= 4 is 35.3 Å². The van der Waals surface area contributed by atoms with E-state index in [4.69, 9.17) is 27.9 Å². The maximum absolute atomic E-state index is 12.0. The molecule has 0 aliphatic heterocycles. The molecule has 2 aromatic rings. The highest BCUT2D eigenvalue weighted by molar-refractivity contribution is 6.35. The molecule has 2 N–H and O–H groups in total. The molecule has 2 aromatic carbocycles. The van der Waals surface area contributed by atoms with Gasteiger partial charge in [0.1, 0.15) is 11.5 Å². The van der Waals surface area contributed by atoms with Crippen molar-refractivity contribution in [1.82, 2.24) is 5.43 Å². The number of hydrogen-bond donors (Lipinski definition) is 2. The van der Waals surface area contributed by atoms with Crippen LogP contribution in [0.2, 0.25) is 10.0 Å². The van der Waals surface area contributed by atoms with Crippen LogP contribution in [0.3, 0.4) is 0 Å². The van der Waals surface area contributed by atoms with Crippen LogP contribution in [0.4, 0.5) is 0 Å². The molecule has 0 aromatic heterocycles. The first-order valence-corrected chi connectivity index (χ1v) is 10.3. The number of nitrogens with zero attached hydrogens (tertiary/aromatic N) is 1. The normalized spacial score (nSPS) is 12.3. The Labute approximate surface area is 188 Å². The van der Waals surface area contributed by atoms with Gasteiger partial charge in [-0.15, -0.1) is 0 Å². The number of phenols is 1. The van der Waals surface area contributed by atoms with Gasteiger partial charge in [-0.1, -0.05) is 64.7 Å². The number of phenolic OH excluding ortho intramolecular Hbond substituents is 1. The Morgan fingerprint density at radius 3 is 2.13 bits per heavy atom. The van der Waals surface area contributed by atoms with E-state index in [1.54, 1.807) is 24.4 Å². The molecule has 5 nitrogen and oxygen atoms in total. The number of ether oxygens (including phenoxy) is 1. The van der Waals surface area contributed by atoms with E-state index in [2.05, 4.69) is 10.5 Å². The molecule has 0 radical (unpaired) electrons. The van der Waals surface area contributed by atoms with Crippen LogP contribution < -0.4 is 10.2 Å². The number of halogens is 2. The second-order valence-corrected chi connectivity index (χ2v) is 9.96. The molecule has 0 aliphatic rings. The summed E-state index contributed by atoms with van der Waals surface area (Å²) < 4.78 is 5.39. The lowest BCUT2D eigenvalue weighted by Crippen LogP contribution is -2.24. The highest BCUT2D eigenvalue weighted by Crippen LogP contribution is 2.39. The largest absolute Gasteiger partial charge is 0.507 e. The van der Waals surface area contributed by atoms with Gasteiger partial charge in [0.25, 0.3) is 5.91 Å². The smallest absolute Gasteiger partial charge is 0.277 e. The number of benzene rings is 2. The number of hydrazone groups is 1. The Morgan fingerprint density at radius 1 is 1.07 bits per heavy atom. The third-order valence-corrected chi connectivity index (χ3v) is 4.93. The highest BCUT2D eigenvalue weighted by Gasteiger charge is 2.26. The van der Waals surface area contributed by atoms with Gasteiger partial charge in [0, 0.05) is 16.1 Å². The monoisotopic (exact) mass is 450 g/mol. The molecule has 2 rings (SSSR count). The van der Waals surface area contributed by atoms with E-state index in [-0.39, 0.29) is 17.4 Å². The fraction of sp³-hybridized carbons (Fsp3) is 0.391. The summed E-state index contributed by atoms with van der Waals surface area (Å²) in [4.78, 5) is 12.0. The van der Waals surface area contributed by atoms with Crippen molar-refractivity contribution in [3.8, 4) is 11.5 Å². The van der Waals surface area contributed by atoms with Crippen molar-refractivity contribution in [2.75, 3.05) is 6.61 Å². The zero-order valence-electron chi connectivity index (χ0n) is 18.1. The van der Waals surface area contributed by atoms with Crippen molar-refractivity contribution < 1.29 is 14.6 Å². The molecular weight excluding hydrogens is 423 g/mol. The van der Waals surface area contributed by atoms with Crippen molar-refractivity contribution in [3.63, 3.8) is 0 Å². The molecule has 0 fully saturated rings. The first-order valence-electron chi connectivity index (χ1n) is 9.57. The van der Waals surface area contributed by atoms with E-state index in [0.717, 1.165) is 16.7 Å². The second-order valence-electron chi connectivity index (χ2n) is 9.12. The first kappa shape index (κ1) is 24.0. The molecule has 1 amide bonds. The van der Waals surface area contributed by atoms with E-state index < -0.39 is 5.91 Å². The molecule has 0 aliphatic carbocycles. The van der Waals surface area contributed by atoms with Gasteiger partial charge in [-0.25, -0.2) is 5.43 Å². The summed E-state index contributed by atoms with van der Waals surface area (Å²) in [6, 6.07) is 8.52. The van der Waals surface area contributed by atoms with Crippen LogP contribution in [0.25, 0.3) is 0 Å². The number of amides is 1. The molecule has 0 heterocycles. The molecule has 0 saturated heterocycles. The molecule has 0 saturated carbocycles. The molecule has 7 heteroatoms. The number of rotatable bonds is 5. The number of hydrogen-bond acceptors (Lipinski definition) is 4. The average Bonchev–Trinajstić information content (AvgIpc) is 2.60. The molecule has 30 heavy (non-hydrogen) atoms. The Bertz CT molecular complexity index is 923. The summed E-state index contributed by atoms with van der Waals surface area (Å²) in [7, 11) is 0. The van der Waals surface area contributed by atoms with E-state index in [9.17, 15) is 9.90 Å². The number of carbonyl (C=O) groups excluding carboxylic acids is 1. The predicted octanol–water partition coefficient (Wildman–Crippen LogP) is 5.82. The second kappa shape index (κ2) is 9.27. The Balaban J connectivity index is 2.12. The predicted molar refractivity (Wildman–Crippen MR) is 123 cm³/mol. The third-order valence-electron chi connectivity index (χ3n) is 4.40. The minimum atomic E-state index is -0.428. The quantitative estimate of drug-likeness (QED) is 0.444. The van der Waals surface area contributed by atoms with Crippen molar-refractivity contribution in [2.24, 2.45) is 5.10 Å². The molecule has 162 valence electrons. The van der Waals surface area contributed by atoms with Gasteiger partial charge in [0.15, 0.2) is 6.61 Å². The number of carbonyl (C=O) groups is 1. The minimum absolute atomic E-state index is 0.241. The minimum Gasteiger partial charge on any atom is -0.507 e. The summed E-state index contributed by atoms with van der Waals surface area (Å²) >= 11 is 11.9. The maximum atomic E-state index is 12.0. The molecule has 0 spiro atoms. The van der Waals surface area contributed by atoms with Gasteiger partial charge < -0.3 is 9.84 Å². The third kappa shape index (κ3) is 6.38. The van der Waals surface area contributed by atoms with Gasteiger partial charge in [-0.2, -0.15) is 5.10 Å². The summed E-state index contributed by atoms with van der Waals surface area (Å²) in [5, 5.41) is 15.6. The Kier molecular flexibility index (Phi) is 7.43. The van der Waals surface area contributed by atoms with Crippen LogP contribution in [0.1, 0.15) is 58.2 Å². The van der Waals surface area contributed by atoms with Gasteiger partial charge >= 0.3 is 0 Å². The van der Waals surface area contributed by atoms with E-state index >= 15 is 0 Å². The molecule has 0 atom stereocenters. The van der Waals surface area contributed by atoms with Gasteiger partial charge in [0.05, 0.1) is 11.2 Å². The standard InChI is InChI=1S/C23H28Cl2N2O3/c1-22(2,3)16-9-14(10-17(21(16)29)23(4,5)6)12-26-27-20(28)13-30-19-8-7-15(24)11-18(19)25/h7-12,29H,13H2,1-6H3,(H,27,28)/b26-12+. The van der Waals surface area contributed by atoms with Gasteiger partial charge in [-0.05, 0) is 46.7 Å². The Hall–Kier alpha value is -2.24. The fourth-order valence-corrected chi connectivity index (χ4v) is 3.28. The zero-order valence-corrected chi connectivity index (χ0v) is 19.6. The summed E-state index contributed by atoms with van der Waals surface area (Å²) in [5.74, 6) is 0.232.